The summed E-state index contributed by atoms with van der Waals surface area (Å²) in [5.74, 6) is -0.0396. The standard InChI is InChI=1S/C20H24N2O4/c1-14(8-9-15-6-4-3-5-7-15)22-20(24)16-10-11-17(18(12-16)25-2)26-13-19(21)23/h3-7,10-12,14H,8-9,13H2,1-2H3,(H2,21,23)(H,22,24). The summed E-state index contributed by atoms with van der Waals surface area (Å²) in [6.07, 6.45) is 1.73. The van der Waals surface area contributed by atoms with Crippen LogP contribution in [-0.4, -0.2) is 31.6 Å². The molecule has 0 heterocycles. The van der Waals surface area contributed by atoms with E-state index >= 15 is 0 Å². The Balaban J connectivity index is 1.94. The Kier molecular flexibility index (Phi) is 7.02. The Hall–Kier alpha value is -3.02. The molecule has 6 nitrogen and oxygen atoms in total. The van der Waals surface area contributed by atoms with Crippen molar-refractivity contribution >= 4 is 11.8 Å². The van der Waals surface area contributed by atoms with Crippen LogP contribution in [0.25, 0.3) is 0 Å². The van der Waals surface area contributed by atoms with Gasteiger partial charge in [-0.1, -0.05) is 30.3 Å². The molecule has 0 saturated heterocycles. The number of ether oxygens (including phenoxy) is 2. The molecule has 2 aromatic rings. The number of amides is 2. The maximum atomic E-state index is 12.4. The third-order valence-corrected chi connectivity index (χ3v) is 3.88. The van der Waals surface area contributed by atoms with Gasteiger partial charge in [0.25, 0.3) is 11.8 Å². The number of rotatable bonds is 9. The fraction of sp³-hybridized carbons (Fsp3) is 0.300. The van der Waals surface area contributed by atoms with Crippen LogP contribution < -0.4 is 20.5 Å². The number of aryl methyl sites for hydroxylation is 1. The number of methoxy groups -OCH3 is 1. The molecule has 6 heteroatoms. The van der Waals surface area contributed by atoms with Crippen LogP contribution in [-0.2, 0) is 11.2 Å². The van der Waals surface area contributed by atoms with Gasteiger partial charge in [-0.05, 0) is 43.5 Å². The zero-order valence-corrected chi connectivity index (χ0v) is 15.0. The highest BCUT2D eigenvalue weighted by molar-refractivity contribution is 5.95. The number of carbonyl (C=O) groups is 2. The van der Waals surface area contributed by atoms with Crippen LogP contribution in [0, 0.1) is 0 Å². The molecule has 2 amide bonds. The maximum absolute atomic E-state index is 12.4. The quantitative estimate of drug-likeness (QED) is 0.721. The van der Waals surface area contributed by atoms with Gasteiger partial charge in [-0.3, -0.25) is 9.59 Å². The molecule has 0 aliphatic rings. The van der Waals surface area contributed by atoms with E-state index in [2.05, 4.69) is 17.4 Å². The van der Waals surface area contributed by atoms with Crippen molar-refractivity contribution in [3.63, 3.8) is 0 Å². The lowest BCUT2D eigenvalue weighted by atomic mass is 10.1. The van der Waals surface area contributed by atoms with E-state index in [1.54, 1.807) is 18.2 Å². The molecule has 0 saturated carbocycles. The molecule has 1 unspecified atom stereocenters. The summed E-state index contributed by atoms with van der Waals surface area (Å²) >= 11 is 0. The molecule has 26 heavy (non-hydrogen) atoms. The van der Waals surface area contributed by atoms with E-state index in [1.807, 2.05) is 25.1 Å². The average Bonchev–Trinajstić information content (AvgIpc) is 2.65. The van der Waals surface area contributed by atoms with Gasteiger partial charge in [0, 0.05) is 11.6 Å². The largest absolute Gasteiger partial charge is 0.493 e. The van der Waals surface area contributed by atoms with E-state index in [0.717, 1.165) is 12.8 Å². The first-order chi connectivity index (χ1) is 12.5. The van der Waals surface area contributed by atoms with Crippen LogP contribution in [0.5, 0.6) is 11.5 Å². The lowest BCUT2D eigenvalue weighted by molar-refractivity contribution is -0.119. The minimum atomic E-state index is -0.582. The maximum Gasteiger partial charge on any atom is 0.255 e. The Morgan fingerprint density at radius 3 is 2.50 bits per heavy atom. The molecule has 138 valence electrons. The Morgan fingerprint density at radius 1 is 1.12 bits per heavy atom. The SMILES string of the molecule is COc1cc(C(=O)NC(C)CCc2ccccc2)ccc1OCC(N)=O. The van der Waals surface area contributed by atoms with Gasteiger partial charge in [0.2, 0.25) is 0 Å². The molecule has 0 aromatic heterocycles. The van der Waals surface area contributed by atoms with Gasteiger partial charge in [0.05, 0.1) is 7.11 Å². The van der Waals surface area contributed by atoms with E-state index in [0.29, 0.717) is 17.1 Å². The van der Waals surface area contributed by atoms with Gasteiger partial charge < -0.3 is 20.5 Å². The van der Waals surface area contributed by atoms with Gasteiger partial charge in [-0.2, -0.15) is 0 Å². The predicted molar refractivity (Wildman–Crippen MR) is 99.4 cm³/mol. The summed E-state index contributed by atoms with van der Waals surface area (Å²) in [7, 11) is 1.47. The predicted octanol–water partition coefficient (Wildman–Crippen LogP) is 2.31. The summed E-state index contributed by atoms with van der Waals surface area (Å²) in [5.41, 5.74) is 6.77. The van der Waals surface area contributed by atoms with Gasteiger partial charge >= 0.3 is 0 Å². The normalized spacial score (nSPS) is 11.5. The lowest BCUT2D eigenvalue weighted by Gasteiger charge is -2.15. The number of carbonyl (C=O) groups excluding carboxylic acids is 2. The molecule has 0 fully saturated rings. The Morgan fingerprint density at radius 2 is 1.85 bits per heavy atom. The van der Waals surface area contributed by atoms with Gasteiger partial charge in [0.1, 0.15) is 0 Å². The number of hydrogen-bond acceptors (Lipinski definition) is 4. The van der Waals surface area contributed by atoms with Crippen molar-refractivity contribution in [3.8, 4) is 11.5 Å². The smallest absolute Gasteiger partial charge is 0.255 e. The Bertz CT molecular complexity index is 747. The first kappa shape index (κ1) is 19.3. The first-order valence-electron chi connectivity index (χ1n) is 8.43. The third-order valence-electron chi connectivity index (χ3n) is 3.88. The third kappa shape index (κ3) is 5.81. The topological polar surface area (TPSA) is 90.7 Å². The molecule has 3 N–H and O–H groups in total. The summed E-state index contributed by atoms with van der Waals surface area (Å²) < 4.78 is 10.5. The number of primary amides is 1. The second kappa shape index (κ2) is 9.46. The van der Waals surface area contributed by atoms with Crippen molar-refractivity contribution in [2.45, 2.75) is 25.8 Å². The number of nitrogens with one attached hydrogen (secondary N) is 1. The van der Waals surface area contributed by atoms with Crippen molar-refractivity contribution in [2.75, 3.05) is 13.7 Å². The van der Waals surface area contributed by atoms with Crippen LogP contribution in [0.15, 0.2) is 48.5 Å². The number of hydrogen-bond donors (Lipinski definition) is 2. The van der Waals surface area contributed by atoms with Crippen LogP contribution in [0.3, 0.4) is 0 Å². The van der Waals surface area contributed by atoms with E-state index in [4.69, 9.17) is 15.2 Å². The number of benzene rings is 2. The second-order valence-electron chi connectivity index (χ2n) is 6.02. The van der Waals surface area contributed by atoms with Crippen molar-refractivity contribution in [1.29, 1.82) is 0 Å². The zero-order chi connectivity index (χ0) is 18.9. The van der Waals surface area contributed by atoms with Crippen molar-refractivity contribution < 1.29 is 19.1 Å². The van der Waals surface area contributed by atoms with Crippen LogP contribution in [0.2, 0.25) is 0 Å². The summed E-state index contributed by atoms with van der Waals surface area (Å²) in [6, 6.07) is 15.0. The fourth-order valence-electron chi connectivity index (χ4n) is 2.48. The van der Waals surface area contributed by atoms with Crippen molar-refractivity contribution in [1.82, 2.24) is 5.32 Å². The molecule has 0 spiro atoms. The fourth-order valence-corrected chi connectivity index (χ4v) is 2.48. The first-order valence-corrected chi connectivity index (χ1v) is 8.43. The Labute approximate surface area is 153 Å². The monoisotopic (exact) mass is 356 g/mol. The minimum absolute atomic E-state index is 0.0273. The van der Waals surface area contributed by atoms with E-state index < -0.39 is 5.91 Å². The van der Waals surface area contributed by atoms with Crippen LogP contribution in [0.4, 0.5) is 0 Å². The van der Waals surface area contributed by atoms with Gasteiger partial charge in [0.15, 0.2) is 18.1 Å². The van der Waals surface area contributed by atoms with Crippen molar-refractivity contribution in [3.05, 3.63) is 59.7 Å². The highest BCUT2D eigenvalue weighted by atomic mass is 16.5. The van der Waals surface area contributed by atoms with Crippen molar-refractivity contribution in [2.24, 2.45) is 5.73 Å². The van der Waals surface area contributed by atoms with E-state index in [1.165, 1.54) is 12.7 Å². The molecule has 0 bridgehead atoms. The van der Waals surface area contributed by atoms with E-state index in [9.17, 15) is 9.59 Å². The molecular formula is C20H24N2O4. The van der Waals surface area contributed by atoms with E-state index in [-0.39, 0.29) is 18.6 Å². The zero-order valence-electron chi connectivity index (χ0n) is 15.0. The minimum Gasteiger partial charge on any atom is -0.493 e. The highest BCUT2D eigenvalue weighted by Gasteiger charge is 2.14. The van der Waals surface area contributed by atoms with Gasteiger partial charge in [-0.15, -0.1) is 0 Å². The molecular weight excluding hydrogens is 332 g/mol. The number of nitrogens with two attached hydrogens (primary N) is 1. The lowest BCUT2D eigenvalue weighted by Crippen LogP contribution is -2.32. The molecule has 0 aliphatic carbocycles. The van der Waals surface area contributed by atoms with Crippen LogP contribution >= 0.6 is 0 Å². The summed E-state index contributed by atoms with van der Waals surface area (Å²) in [4.78, 5) is 23.3. The second-order valence-corrected chi connectivity index (χ2v) is 6.02. The molecule has 2 rings (SSSR count). The summed E-state index contributed by atoms with van der Waals surface area (Å²) in [6.45, 7) is 1.72. The molecule has 0 aliphatic heterocycles. The molecule has 2 aromatic carbocycles. The molecule has 1 atom stereocenters. The highest BCUT2D eigenvalue weighted by Crippen LogP contribution is 2.28. The molecule has 0 radical (unpaired) electrons. The average molecular weight is 356 g/mol. The van der Waals surface area contributed by atoms with Crippen LogP contribution in [0.1, 0.15) is 29.3 Å². The summed E-state index contributed by atoms with van der Waals surface area (Å²) in [5, 5.41) is 2.98. The van der Waals surface area contributed by atoms with Gasteiger partial charge in [-0.25, -0.2) is 0 Å².